The molecule has 1 aromatic rings. The Hall–Kier alpha value is -0.940. The van der Waals surface area contributed by atoms with Gasteiger partial charge in [0.05, 0.1) is 0 Å². The summed E-state index contributed by atoms with van der Waals surface area (Å²) in [6.45, 7) is 6.96. The van der Waals surface area contributed by atoms with Gasteiger partial charge in [0.1, 0.15) is 12.2 Å². The van der Waals surface area contributed by atoms with Crippen LogP contribution in [0.15, 0.2) is 6.33 Å². The van der Waals surface area contributed by atoms with Gasteiger partial charge in [0.15, 0.2) is 0 Å². The summed E-state index contributed by atoms with van der Waals surface area (Å²) in [6, 6.07) is 0.416. The molecule has 17 heavy (non-hydrogen) atoms. The molecule has 0 saturated heterocycles. The van der Waals surface area contributed by atoms with Crippen LogP contribution in [-0.2, 0) is 17.7 Å². The van der Waals surface area contributed by atoms with Gasteiger partial charge in [0.25, 0.3) is 0 Å². The molecule has 0 aliphatic heterocycles. The van der Waals surface area contributed by atoms with Gasteiger partial charge in [-0.1, -0.05) is 13.8 Å². The minimum Gasteiger partial charge on any atom is -0.385 e. The molecule has 1 rings (SSSR count). The zero-order chi connectivity index (χ0) is 12.5. The lowest BCUT2D eigenvalue weighted by atomic mass is 10.1. The maximum absolute atomic E-state index is 5.13. The zero-order valence-electron chi connectivity index (χ0n) is 11.1. The van der Waals surface area contributed by atoms with Gasteiger partial charge in [-0.3, -0.25) is 4.68 Å². The summed E-state index contributed by atoms with van der Waals surface area (Å²) in [5.41, 5.74) is 0. The van der Waals surface area contributed by atoms with Gasteiger partial charge in [-0.15, -0.1) is 0 Å². The summed E-state index contributed by atoms with van der Waals surface area (Å²) >= 11 is 0. The highest BCUT2D eigenvalue weighted by Gasteiger charge is 2.12. The third-order valence-electron chi connectivity index (χ3n) is 2.72. The summed E-state index contributed by atoms with van der Waals surface area (Å²) in [5.74, 6) is 1.06. The van der Waals surface area contributed by atoms with Crippen LogP contribution in [0.1, 0.15) is 32.5 Å². The smallest absolute Gasteiger partial charge is 0.138 e. The Balaban J connectivity index is 2.54. The Kier molecular flexibility index (Phi) is 6.81. The second-order valence-electron chi connectivity index (χ2n) is 4.14. The third kappa shape index (κ3) is 4.83. The molecule has 5 heteroatoms. The number of aryl methyl sites for hydroxylation is 1. The van der Waals surface area contributed by atoms with Crippen molar-refractivity contribution in [3.05, 3.63) is 12.2 Å². The molecule has 0 fully saturated rings. The molecule has 5 nitrogen and oxygen atoms in total. The van der Waals surface area contributed by atoms with Crippen molar-refractivity contribution in [1.82, 2.24) is 20.1 Å². The fourth-order valence-electron chi connectivity index (χ4n) is 1.89. The lowest BCUT2D eigenvalue weighted by Crippen LogP contribution is -2.33. The standard InChI is InChI=1S/C12H24N4O/c1-4-7-16-12(14-10-15-16)9-11(13-5-2)6-8-17-3/h10-11,13H,4-9H2,1-3H3. The summed E-state index contributed by atoms with van der Waals surface area (Å²) < 4.78 is 7.13. The lowest BCUT2D eigenvalue weighted by Gasteiger charge is -2.17. The topological polar surface area (TPSA) is 52.0 Å². The highest BCUT2D eigenvalue weighted by atomic mass is 16.5. The predicted octanol–water partition coefficient (Wildman–Crippen LogP) is 1.25. The Morgan fingerprint density at radius 1 is 1.47 bits per heavy atom. The molecular weight excluding hydrogens is 216 g/mol. The first kappa shape index (κ1) is 14.1. The number of ether oxygens (including phenoxy) is 1. The maximum Gasteiger partial charge on any atom is 0.138 e. The first-order valence-electron chi connectivity index (χ1n) is 6.40. The maximum atomic E-state index is 5.13. The van der Waals surface area contributed by atoms with Crippen LogP contribution in [0, 0.1) is 0 Å². The van der Waals surface area contributed by atoms with Gasteiger partial charge >= 0.3 is 0 Å². The van der Waals surface area contributed by atoms with E-state index in [2.05, 4.69) is 29.2 Å². The van der Waals surface area contributed by atoms with Crippen LogP contribution in [0.3, 0.4) is 0 Å². The highest BCUT2D eigenvalue weighted by molar-refractivity contribution is 4.89. The number of hydrogen-bond acceptors (Lipinski definition) is 4. The van der Waals surface area contributed by atoms with Crippen LogP contribution >= 0.6 is 0 Å². The summed E-state index contributed by atoms with van der Waals surface area (Å²) in [7, 11) is 1.74. The molecule has 0 bridgehead atoms. The molecule has 1 atom stereocenters. The summed E-state index contributed by atoms with van der Waals surface area (Å²) in [5, 5.41) is 7.71. The van der Waals surface area contributed by atoms with Gasteiger partial charge < -0.3 is 10.1 Å². The average molecular weight is 240 g/mol. The predicted molar refractivity (Wildman–Crippen MR) is 68.0 cm³/mol. The Bertz CT molecular complexity index is 300. The number of hydrogen-bond donors (Lipinski definition) is 1. The van der Waals surface area contributed by atoms with Gasteiger partial charge in [0.2, 0.25) is 0 Å². The van der Waals surface area contributed by atoms with E-state index in [1.165, 1.54) is 0 Å². The number of rotatable bonds is 9. The van der Waals surface area contributed by atoms with Crippen molar-refractivity contribution in [3.8, 4) is 0 Å². The molecule has 0 aromatic carbocycles. The fraction of sp³-hybridized carbons (Fsp3) is 0.833. The highest BCUT2D eigenvalue weighted by Crippen LogP contribution is 2.04. The van der Waals surface area contributed by atoms with Crippen molar-refractivity contribution in [2.75, 3.05) is 20.3 Å². The molecule has 0 radical (unpaired) electrons. The van der Waals surface area contributed by atoms with Crippen molar-refractivity contribution in [1.29, 1.82) is 0 Å². The lowest BCUT2D eigenvalue weighted by molar-refractivity contribution is 0.182. The monoisotopic (exact) mass is 240 g/mol. The minimum absolute atomic E-state index is 0.416. The second kappa shape index (κ2) is 8.20. The normalized spacial score (nSPS) is 12.9. The molecule has 0 aliphatic carbocycles. The quantitative estimate of drug-likeness (QED) is 0.705. The SMILES string of the molecule is CCCn1ncnc1CC(CCOC)NCC. The molecule has 0 saturated carbocycles. The Morgan fingerprint density at radius 2 is 2.29 bits per heavy atom. The van der Waals surface area contributed by atoms with Gasteiger partial charge in [-0.05, 0) is 19.4 Å². The molecule has 0 spiro atoms. The van der Waals surface area contributed by atoms with Crippen LogP contribution in [0.2, 0.25) is 0 Å². The van der Waals surface area contributed by atoms with Crippen LogP contribution in [0.25, 0.3) is 0 Å². The molecular formula is C12H24N4O. The zero-order valence-corrected chi connectivity index (χ0v) is 11.1. The van der Waals surface area contributed by atoms with E-state index in [0.29, 0.717) is 6.04 Å². The van der Waals surface area contributed by atoms with Crippen LogP contribution < -0.4 is 5.32 Å². The number of nitrogens with one attached hydrogen (secondary N) is 1. The Morgan fingerprint density at radius 3 is 2.94 bits per heavy atom. The minimum atomic E-state index is 0.416. The van der Waals surface area contributed by atoms with Gasteiger partial charge in [-0.25, -0.2) is 4.98 Å². The summed E-state index contributed by atoms with van der Waals surface area (Å²) in [6.07, 6.45) is 4.64. The molecule has 0 amide bonds. The van der Waals surface area contributed by atoms with Gasteiger partial charge in [-0.2, -0.15) is 5.10 Å². The van der Waals surface area contributed by atoms with E-state index in [-0.39, 0.29) is 0 Å². The van der Waals surface area contributed by atoms with E-state index >= 15 is 0 Å². The van der Waals surface area contributed by atoms with Crippen LogP contribution in [-0.4, -0.2) is 41.1 Å². The van der Waals surface area contributed by atoms with Crippen molar-refractivity contribution in [2.45, 2.75) is 45.7 Å². The van der Waals surface area contributed by atoms with Crippen molar-refractivity contribution >= 4 is 0 Å². The number of aromatic nitrogens is 3. The molecule has 0 aliphatic rings. The number of nitrogens with zero attached hydrogens (tertiary/aromatic N) is 3. The van der Waals surface area contributed by atoms with Crippen molar-refractivity contribution in [3.63, 3.8) is 0 Å². The van der Waals surface area contributed by atoms with E-state index in [1.54, 1.807) is 13.4 Å². The first-order chi connectivity index (χ1) is 8.31. The third-order valence-corrected chi connectivity index (χ3v) is 2.72. The molecule has 1 aromatic heterocycles. The second-order valence-corrected chi connectivity index (χ2v) is 4.14. The number of likely N-dealkylation sites (N-methyl/N-ethyl adjacent to an activating group) is 1. The number of methoxy groups -OCH3 is 1. The van der Waals surface area contributed by atoms with E-state index in [4.69, 9.17) is 4.74 Å². The largest absolute Gasteiger partial charge is 0.385 e. The molecule has 98 valence electrons. The van der Waals surface area contributed by atoms with E-state index < -0.39 is 0 Å². The fourth-order valence-corrected chi connectivity index (χ4v) is 1.89. The molecule has 1 unspecified atom stereocenters. The van der Waals surface area contributed by atoms with E-state index in [0.717, 1.165) is 44.8 Å². The van der Waals surface area contributed by atoms with Gasteiger partial charge in [0, 0.05) is 32.7 Å². The molecule has 1 heterocycles. The van der Waals surface area contributed by atoms with Crippen molar-refractivity contribution < 1.29 is 4.74 Å². The Labute approximate surface area is 104 Å². The first-order valence-corrected chi connectivity index (χ1v) is 6.40. The molecule has 1 N–H and O–H groups in total. The average Bonchev–Trinajstić information content (AvgIpc) is 2.74. The van der Waals surface area contributed by atoms with E-state index in [1.807, 2.05) is 4.68 Å². The van der Waals surface area contributed by atoms with E-state index in [9.17, 15) is 0 Å². The van der Waals surface area contributed by atoms with Crippen molar-refractivity contribution in [2.24, 2.45) is 0 Å². The van der Waals surface area contributed by atoms with Crippen LogP contribution in [0.4, 0.5) is 0 Å². The summed E-state index contributed by atoms with van der Waals surface area (Å²) in [4.78, 5) is 4.34. The van der Waals surface area contributed by atoms with Crippen LogP contribution in [0.5, 0.6) is 0 Å².